The van der Waals surface area contributed by atoms with E-state index in [1.54, 1.807) is 31.3 Å². The molecule has 0 radical (unpaired) electrons. The first-order valence-corrected chi connectivity index (χ1v) is 9.05. The Labute approximate surface area is 159 Å². The molecule has 2 aliphatic rings. The molecule has 2 fully saturated rings. The van der Waals surface area contributed by atoms with Gasteiger partial charge in [-0.05, 0) is 37.8 Å². The van der Waals surface area contributed by atoms with Gasteiger partial charge in [0.25, 0.3) is 11.5 Å². The molecule has 1 saturated carbocycles. The maximum Gasteiger partial charge on any atom is 0.322 e. The third kappa shape index (κ3) is 2.96. The van der Waals surface area contributed by atoms with Crippen LogP contribution in [0.15, 0.2) is 29.1 Å². The highest BCUT2D eigenvalue weighted by atomic mass is 16.2. The zero-order valence-electron chi connectivity index (χ0n) is 15.2. The van der Waals surface area contributed by atoms with E-state index in [-0.39, 0.29) is 29.2 Å². The molecule has 4 amide bonds. The first-order chi connectivity index (χ1) is 13.4. The van der Waals surface area contributed by atoms with Crippen LogP contribution >= 0.6 is 0 Å². The lowest BCUT2D eigenvalue weighted by atomic mass is 9.76. The second-order valence-corrected chi connectivity index (χ2v) is 7.20. The van der Waals surface area contributed by atoms with Gasteiger partial charge in [0.05, 0.1) is 10.9 Å². The van der Waals surface area contributed by atoms with E-state index in [2.05, 4.69) is 26.5 Å². The summed E-state index contributed by atoms with van der Waals surface area (Å²) in [5.74, 6) is -0.653. The number of rotatable bonds is 3. The van der Waals surface area contributed by atoms with Crippen LogP contribution in [-0.4, -0.2) is 32.9 Å². The summed E-state index contributed by atoms with van der Waals surface area (Å²) in [5, 5.41) is 5.42. The first kappa shape index (κ1) is 18.0. The quantitative estimate of drug-likeness (QED) is 0.439. The molecule has 1 aromatic carbocycles. The Kier molecular flexibility index (Phi) is 4.25. The number of para-hydroxylation sites is 1. The lowest BCUT2D eigenvalue weighted by Crippen LogP contribution is -2.51. The van der Waals surface area contributed by atoms with E-state index in [9.17, 15) is 19.2 Å². The van der Waals surface area contributed by atoms with Gasteiger partial charge in [-0.1, -0.05) is 12.1 Å². The molecule has 1 aromatic heterocycles. The van der Waals surface area contributed by atoms with Crippen LogP contribution < -0.4 is 27.0 Å². The number of carbonyl (C=O) groups is 3. The number of aromatic nitrogens is 2. The average molecular weight is 384 g/mol. The van der Waals surface area contributed by atoms with Crippen molar-refractivity contribution in [3.8, 4) is 0 Å². The normalized spacial score (nSPS) is 24.1. The number of amides is 4. The van der Waals surface area contributed by atoms with E-state index in [4.69, 9.17) is 0 Å². The first-order valence-electron chi connectivity index (χ1n) is 9.05. The Morgan fingerprint density at radius 3 is 2.61 bits per heavy atom. The lowest BCUT2D eigenvalue weighted by molar-refractivity contribution is -0.130. The smallest absolute Gasteiger partial charge is 0.322 e. The van der Waals surface area contributed by atoms with Crippen molar-refractivity contribution >= 4 is 34.7 Å². The molecule has 0 atom stereocenters. The van der Waals surface area contributed by atoms with Crippen molar-refractivity contribution in [3.05, 3.63) is 34.6 Å². The third-order valence-electron chi connectivity index (χ3n) is 5.51. The van der Waals surface area contributed by atoms with Crippen LogP contribution in [-0.2, 0) is 16.6 Å². The van der Waals surface area contributed by atoms with E-state index in [1.165, 1.54) is 4.57 Å². The minimum absolute atomic E-state index is 0.218. The molecule has 2 aromatic rings. The van der Waals surface area contributed by atoms with E-state index in [1.807, 2.05) is 0 Å². The number of fused-ring (bicyclic) bond motifs is 1. The van der Waals surface area contributed by atoms with Gasteiger partial charge < -0.3 is 5.32 Å². The lowest BCUT2D eigenvalue weighted by Gasteiger charge is -2.33. The van der Waals surface area contributed by atoms with Crippen molar-refractivity contribution in [3.63, 3.8) is 0 Å². The summed E-state index contributed by atoms with van der Waals surface area (Å²) >= 11 is 0. The highest BCUT2D eigenvalue weighted by Gasteiger charge is 2.48. The number of hydrazine groups is 1. The number of hydrogen-bond donors (Lipinski definition) is 4. The largest absolute Gasteiger partial charge is 0.323 e. The molecule has 0 unspecified atom stereocenters. The van der Waals surface area contributed by atoms with Gasteiger partial charge in [-0.15, -0.1) is 0 Å². The van der Waals surface area contributed by atoms with E-state index >= 15 is 0 Å². The minimum atomic E-state index is -0.898. The predicted molar refractivity (Wildman–Crippen MR) is 100 cm³/mol. The van der Waals surface area contributed by atoms with Gasteiger partial charge in [-0.2, -0.15) is 0 Å². The predicted octanol–water partition coefficient (Wildman–Crippen LogP) is 0.145. The Bertz CT molecular complexity index is 1040. The fourth-order valence-electron chi connectivity index (χ4n) is 3.80. The summed E-state index contributed by atoms with van der Waals surface area (Å²) in [6.45, 7) is 0. The zero-order valence-corrected chi connectivity index (χ0v) is 15.2. The highest BCUT2D eigenvalue weighted by Crippen LogP contribution is 2.34. The van der Waals surface area contributed by atoms with Gasteiger partial charge >= 0.3 is 6.03 Å². The van der Waals surface area contributed by atoms with Crippen LogP contribution in [0.4, 0.5) is 10.7 Å². The van der Waals surface area contributed by atoms with Gasteiger partial charge in [0.15, 0.2) is 0 Å². The van der Waals surface area contributed by atoms with Gasteiger partial charge in [0, 0.05) is 13.0 Å². The summed E-state index contributed by atoms with van der Waals surface area (Å²) in [6, 6.07) is 6.49. The number of carbonyl (C=O) groups excluding carboxylic acids is 3. The van der Waals surface area contributed by atoms with Crippen molar-refractivity contribution in [1.29, 1.82) is 0 Å². The van der Waals surface area contributed by atoms with Crippen LogP contribution in [0.2, 0.25) is 0 Å². The highest BCUT2D eigenvalue weighted by molar-refractivity contribution is 6.07. The Hall–Kier alpha value is -3.43. The number of nitrogens with zero attached hydrogens (tertiary/aromatic N) is 2. The zero-order chi connectivity index (χ0) is 19.9. The molecule has 2 heterocycles. The molecular weight excluding hydrogens is 364 g/mol. The summed E-state index contributed by atoms with van der Waals surface area (Å²) < 4.78 is 1.33. The van der Waals surface area contributed by atoms with Crippen LogP contribution in [0.1, 0.15) is 25.7 Å². The van der Waals surface area contributed by atoms with E-state index < -0.39 is 11.6 Å². The Balaban J connectivity index is 1.41. The molecule has 1 saturated heterocycles. The van der Waals surface area contributed by atoms with Crippen molar-refractivity contribution in [2.24, 2.45) is 13.0 Å². The molecule has 0 bridgehead atoms. The molecule has 28 heavy (non-hydrogen) atoms. The Morgan fingerprint density at radius 1 is 1.21 bits per heavy atom. The van der Waals surface area contributed by atoms with Crippen molar-refractivity contribution in [1.82, 2.24) is 25.6 Å². The SMILES string of the molecule is Cn1c(NNC(=O)C2CCC3(CC2)NC(=O)NC3=O)nc2ccccc2c1=O. The summed E-state index contributed by atoms with van der Waals surface area (Å²) in [5.41, 5.74) is 4.74. The second-order valence-electron chi connectivity index (χ2n) is 7.20. The second kappa shape index (κ2) is 6.63. The van der Waals surface area contributed by atoms with Gasteiger partial charge in [-0.25, -0.2) is 9.78 Å². The summed E-state index contributed by atoms with van der Waals surface area (Å²) in [7, 11) is 1.57. The summed E-state index contributed by atoms with van der Waals surface area (Å²) in [6.07, 6.45) is 1.72. The molecular formula is C18H20N6O4. The fourth-order valence-corrected chi connectivity index (χ4v) is 3.80. The molecule has 1 aliphatic carbocycles. The number of anilines is 1. The minimum Gasteiger partial charge on any atom is -0.323 e. The number of benzene rings is 1. The van der Waals surface area contributed by atoms with E-state index in [0.29, 0.717) is 36.6 Å². The maximum atomic E-state index is 12.5. The third-order valence-corrected chi connectivity index (χ3v) is 5.51. The molecule has 10 heteroatoms. The number of hydrogen-bond acceptors (Lipinski definition) is 6. The van der Waals surface area contributed by atoms with Crippen molar-refractivity contribution in [2.45, 2.75) is 31.2 Å². The van der Waals surface area contributed by atoms with Crippen LogP contribution in [0.5, 0.6) is 0 Å². The monoisotopic (exact) mass is 384 g/mol. The Morgan fingerprint density at radius 2 is 1.93 bits per heavy atom. The van der Waals surface area contributed by atoms with Crippen molar-refractivity contribution in [2.75, 3.05) is 5.43 Å². The number of nitrogens with one attached hydrogen (secondary N) is 4. The average Bonchev–Trinajstić information content (AvgIpc) is 2.96. The van der Waals surface area contributed by atoms with Gasteiger partial charge in [0.2, 0.25) is 11.9 Å². The molecule has 146 valence electrons. The molecule has 4 N–H and O–H groups in total. The van der Waals surface area contributed by atoms with Crippen LogP contribution in [0.25, 0.3) is 10.9 Å². The number of imide groups is 1. The van der Waals surface area contributed by atoms with E-state index in [0.717, 1.165) is 0 Å². The maximum absolute atomic E-state index is 12.5. The summed E-state index contributed by atoms with van der Waals surface area (Å²) in [4.78, 5) is 52.6. The number of urea groups is 1. The molecule has 10 nitrogen and oxygen atoms in total. The topological polar surface area (TPSA) is 134 Å². The van der Waals surface area contributed by atoms with Crippen LogP contribution in [0.3, 0.4) is 0 Å². The van der Waals surface area contributed by atoms with Gasteiger partial charge in [-0.3, -0.25) is 35.1 Å². The van der Waals surface area contributed by atoms with Crippen molar-refractivity contribution < 1.29 is 14.4 Å². The molecule has 4 rings (SSSR count). The van der Waals surface area contributed by atoms with Gasteiger partial charge in [0.1, 0.15) is 5.54 Å². The van der Waals surface area contributed by atoms with Crippen LogP contribution in [0, 0.1) is 5.92 Å². The standard InChI is InChI=1S/C18H20N6O4/c1-24-14(26)11-4-2-3-5-12(11)19-16(24)23-22-13(25)10-6-8-18(9-7-10)15(27)20-17(28)21-18/h2-5,10H,6-9H2,1H3,(H,19,23)(H,22,25)(H2,20,21,27,28). The molecule has 1 spiro atoms. The fraction of sp³-hybridized carbons (Fsp3) is 0.389. The molecule has 1 aliphatic heterocycles.